The number of halogens is 3. The Balaban J connectivity index is 2.00. The maximum absolute atomic E-state index is 13.9. The fourth-order valence-electron chi connectivity index (χ4n) is 3.60. The highest BCUT2D eigenvalue weighted by atomic mass is 35.5. The Bertz CT molecular complexity index is 1120. The molecule has 2 aromatic rings. The molecule has 0 bridgehead atoms. The van der Waals surface area contributed by atoms with Crippen molar-refractivity contribution in [3.8, 4) is 0 Å². The molecule has 1 unspecified atom stereocenters. The van der Waals surface area contributed by atoms with Gasteiger partial charge in [-0.15, -0.1) is 0 Å². The third kappa shape index (κ3) is 5.33. The molecule has 1 aromatic heterocycles. The van der Waals surface area contributed by atoms with E-state index in [1.165, 1.54) is 12.3 Å². The normalized spacial score (nSPS) is 18.2. The van der Waals surface area contributed by atoms with E-state index in [1.54, 1.807) is 36.9 Å². The lowest BCUT2D eigenvalue weighted by atomic mass is 10.1. The number of aromatic nitrogens is 1. The van der Waals surface area contributed by atoms with Crippen molar-refractivity contribution in [2.45, 2.75) is 43.9 Å². The Labute approximate surface area is 186 Å². The van der Waals surface area contributed by atoms with Gasteiger partial charge in [-0.05, 0) is 44.0 Å². The quantitative estimate of drug-likeness (QED) is 0.637. The van der Waals surface area contributed by atoms with Crippen LogP contribution >= 0.6 is 11.6 Å². The highest BCUT2D eigenvalue weighted by Crippen LogP contribution is 2.34. The van der Waals surface area contributed by atoms with Crippen molar-refractivity contribution < 1.29 is 17.8 Å². The monoisotopic (exact) mass is 470 g/mol. The van der Waals surface area contributed by atoms with E-state index in [9.17, 15) is 17.8 Å². The van der Waals surface area contributed by atoms with Crippen molar-refractivity contribution in [3.05, 3.63) is 46.1 Å². The van der Waals surface area contributed by atoms with Crippen molar-refractivity contribution in [2.75, 3.05) is 29.6 Å². The first-order valence-electron chi connectivity index (χ1n) is 9.84. The number of benzene rings is 1. The van der Waals surface area contributed by atoms with Gasteiger partial charge in [-0.2, -0.15) is 0 Å². The molecule has 1 aliphatic heterocycles. The van der Waals surface area contributed by atoms with Gasteiger partial charge in [0.1, 0.15) is 5.82 Å². The summed E-state index contributed by atoms with van der Waals surface area (Å²) in [4.78, 5) is 19.7. The number of aryl methyl sites for hydroxylation is 1. The minimum Gasteiger partial charge on any atom is -0.356 e. The molecular weight excluding hydrogens is 446 g/mol. The lowest BCUT2D eigenvalue weighted by Gasteiger charge is -2.26. The molecule has 1 fully saturated rings. The molecule has 0 saturated carbocycles. The van der Waals surface area contributed by atoms with E-state index in [1.807, 2.05) is 0 Å². The predicted molar refractivity (Wildman–Crippen MR) is 119 cm³/mol. The van der Waals surface area contributed by atoms with Crippen molar-refractivity contribution in [1.82, 2.24) is 4.98 Å². The molecule has 3 rings (SSSR count). The van der Waals surface area contributed by atoms with Gasteiger partial charge < -0.3 is 10.2 Å². The molecular formula is C21H25ClF2N4O2S. The van der Waals surface area contributed by atoms with Gasteiger partial charge in [-0.25, -0.2) is 22.8 Å². The summed E-state index contributed by atoms with van der Waals surface area (Å²) < 4.78 is 47.5. The molecule has 6 nitrogen and oxygen atoms in total. The summed E-state index contributed by atoms with van der Waals surface area (Å²) in [6, 6.07) is 6.27. The maximum Gasteiger partial charge on any atom is 0.259 e. The maximum atomic E-state index is 13.9. The summed E-state index contributed by atoms with van der Waals surface area (Å²) >= 11 is 6.36. The minimum absolute atomic E-state index is 0.0764. The first-order valence-corrected chi connectivity index (χ1v) is 12.2. The van der Waals surface area contributed by atoms with Crippen LogP contribution in [-0.2, 0) is 9.73 Å². The van der Waals surface area contributed by atoms with Gasteiger partial charge in [0.2, 0.25) is 5.92 Å². The number of hydrogen-bond acceptors (Lipinski definition) is 5. The molecule has 1 amide bonds. The molecule has 0 aliphatic carbocycles. The van der Waals surface area contributed by atoms with Crippen molar-refractivity contribution in [1.29, 1.82) is 4.78 Å². The number of amides is 1. The summed E-state index contributed by atoms with van der Waals surface area (Å²) in [5.74, 6) is -2.91. The highest BCUT2D eigenvalue weighted by Gasteiger charge is 2.33. The molecule has 2 heterocycles. The fraction of sp³-hybridized carbons (Fsp3) is 0.429. The summed E-state index contributed by atoms with van der Waals surface area (Å²) in [5.41, 5.74) is 1.61. The van der Waals surface area contributed by atoms with Gasteiger partial charge in [0, 0.05) is 42.8 Å². The van der Waals surface area contributed by atoms with Crippen LogP contribution in [0.1, 0.15) is 40.9 Å². The number of nitrogens with one attached hydrogen (secondary N) is 2. The largest absolute Gasteiger partial charge is 0.356 e. The minimum atomic E-state index is -2.95. The predicted octanol–water partition coefficient (Wildman–Crippen LogP) is 5.27. The summed E-state index contributed by atoms with van der Waals surface area (Å²) in [6.07, 6.45) is 1.07. The zero-order chi connectivity index (χ0) is 23.0. The van der Waals surface area contributed by atoms with Gasteiger partial charge in [0.25, 0.3) is 5.91 Å². The molecule has 2 N–H and O–H groups in total. The highest BCUT2D eigenvalue weighted by molar-refractivity contribution is 7.91. The third-order valence-corrected chi connectivity index (χ3v) is 7.02. The van der Waals surface area contributed by atoms with E-state index in [0.717, 1.165) is 0 Å². The second-order valence-electron chi connectivity index (χ2n) is 7.86. The van der Waals surface area contributed by atoms with Crippen LogP contribution in [0, 0.1) is 18.6 Å². The van der Waals surface area contributed by atoms with Gasteiger partial charge in [-0.1, -0.05) is 17.7 Å². The summed E-state index contributed by atoms with van der Waals surface area (Å²) in [6.45, 7) is 3.84. The molecule has 10 heteroatoms. The number of alkyl halides is 2. The zero-order valence-electron chi connectivity index (χ0n) is 17.6. The molecule has 0 spiro atoms. The molecule has 0 radical (unpaired) electrons. The van der Waals surface area contributed by atoms with Crippen molar-refractivity contribution in [3.63, 3.8) is 0 Å². The third-order valence-electron chi connectivity index (χ3n) is 5.31. The van der Waals surface area contributed by atoms with E-state index in [2.05, 4.69) is 10.3 Å². The number of carbonyl (C=O) groups is 1. The van der Waals surface area contributed by atoms with Crippen LogP contribution in [0.15, 0.2) is 29.2 Å². The standard InChI is InChI=1S/C21H25ClF2N4O2S/c1-13-17(20(29)27-15-6-4-7-16(12-15)31(3,25)30)19(26-14(2)18(13)22)28-10-5-8-21(23,24)9-11-28/h4,6-7,12,25H,5,8-11H2,1-3H3,(H,27,29). The molecule has 1 aliphatic rings. The Morgan fingerprint density at radius 1 is 1.29 bits per heavy atom. The first kappa shape index (κ1) is 23.4. The first-order chi connectivity index (χ1) is 14.4. The van der Waals surface area contributed by atoms with Crippen molar-refractivity contribution >= 4 is 38.7 Å². The number of rotatable bonds is 4. The van der Waals surface area contributed by atoms with Gasteiger partial charge in [0.05, 0.1) is 26.0 Å². The Morgan fingerprint density at radius 3 is 2.68 bits per heavy atom. The van der Waals surface area contributed by atoms with E-state index < -0.39 is 21.6 Å². The second kappa shape index (κ2) is 8.70. The van der Waals surface area contributed by atoms with Crippen LogP contribution < -0.4 is 10.2 Å². The Morgan fingerprint density at radius 2 is 2.00 bits per heavy atom. The van der Waals surface area contributed by atoms with E-state index in [0.29, 0.717) is 34.3 Å². The summed E-state index contributed by atoms with van der Waals surface area (Å²) in [5, 5.41) is 3.09. The van der Waals surface area contributed by atoms with Gasteiger partial charge >= 0.3 is 0 Å². The number of anilines is 2. The Kier molecular flexibility index (Phi) is 6.57. The van der Waals surface area contributed by atoms with Crippen LogP contribution in [-0.4, -0.2) is 40.4 Å². The van der Waals surface area contributed by atoms with E-state index >= 15 is 0 Å². The molecule has 168 valence electrons. The topological polar surface area (TPSA) is 86.2 Å². The smallest absolute Gasteiger partial charge is 0.259 e. The zero-order valence-corrected chi connectivity index (χ0v) is 19.2. The van der Waals surface area contributed by atoms with Gasteiger partial charge in [-0.3, -0.25) is 4.79 Å². The average molecular weight is 471 g/mol. The number of pyridine rings is 1. The summed E-state index contributed by atoms with van der Waals surface area (Å²) in [7, 11) is -2.95. The second-order valence-corrected chi connectivity index (χ2v) is 10.4. The molecule has 1 aromatic carbocycles. The van der Waals surface area contributed by atoms with Crippen LogP contribution in [0.4, 0.5) is 20.3 Å². The molecule has 1 saturated heterocycles. The average Bonchev–Trinajstić information content (AvgIpc) is 2.85. The lowest BCUT2D eigenvalue weighted by Crippen LogP contribution is -2.30. The van der Waals surface area contributed by atoms with Crippen LogP contribution in [0.5, 0.6) is 0 Å². The number of hydrogen-bond donors (Lipinski definition) is 2. The van der Waals surface area contributed by atoms with Crippen LogP contribution in [0.25, 0.3) is 0 Å². The van der Waals surface area contributed by atoms with Crippen molar-refractivity contribution in [2.24, 2.45) is 0 Å². The van der Waals surface area contributed by atoms with Crippen LogP contribution in [0.3, 0.4) is 0 Å². The van der Waals surface area contributed by atoms with E-state index in [-0.39, 0.29) is 36.3 Å². The van der Waals surface area contributed by atoms with Crippen LogP contribution in [0.2, 0.25) is 5.02 Å². The lowest BCUT2D eigenvalue weighted by molar-refractivity contribution is -0.0102. The Hall–Kier alpha value is -2.26. The SMILES string of the molecule is Cc1nc(N2CCCC(F)(F)CC2)c(C(=O)Nc2cccc(S(C)(=N)=O)c2)c(C)c1Cl. The fourth-order valence-corrected chi connectivity index (χ4v) is 4.43. The number of nitrogens with zero attached hydrogens (tertiary/aromatic N) is 2. The van der Waals surface area contributed by atoms with Gasteiger partial charge in [0.15, 0.2) is 0 Å². The number of carbonyl (C=O) groups excluding carboxylic acids is 1. The molecule has 1 atom stereocenters. The molecule has 31 heavy (non-hydrogen) atoms. The van der Waals surface area contributed by atoms with E-state index in [4.69, 9.17) is 16.4 Å².